The van der Waals surface area contributed by atoms with Crippen molar-refractivity contribution in [3.8, 4) is 0 Å². The number of ether oxygens (including phenoxy) is 1. The summed E-state index contributed by atoms with van der Waals surface area (Å²) in [6, 6.07) is 2.12. The maximum Gasteiger partial charge on any atom is 0.410 e. The van der Waals surface area contributed by atoms with Crippen LogP contribution >= 0.6 is 0 Å². The molecule has 2 aliphatic rings. The minimum absolute atomic E-state index is 0.0580. The van der Waals surface area contributed by atoms with E-state index in [9.17, 15) is 9.59 Å². The third-order valence-electron chi connectivity index (χ3n) is 5.27. The molecule has 3 rings (SSSR count). The highest BCUT2D eigenvalue weighted by Crippen LogP contribution is 2.28. The van der Waals surface area contributed by atoms with E-state index in [-0.39, 0.29) is 24.1 Å². The summed E-state index contributed by atoms with van der Waals surface area (Å²) in [5.41, 5.74) is 0.995. The standard InChI is InChI=1S/C19H28N2O4/c1-12(2)9-16-11-24-19(23)21(16)15-5-7-20(8-6-15)18(22)17-10-13(3)14(4)25-17/h10,12,15-16H,5-9,11H2,1-4H3/t16-/m1/s1. The molecule has 0 saturated carbocycles. The average Bonchev–Trinajstić information content (AvgIpc) is 3.09. The van der Waals surface area contributed by atoms with Crippen molar-refractivity contribution in [2.24, 2.45) is 5.92 Å². The fourth-order valence-electron chi connectivity index (χ4n) is 3.83. The van der Waals surface area contributed by atoms with Crippen LogP contribution < -0.4 is 0 Å². The first-order chi connectivity index (χ1) is 11.9. The molecule has 0 bridgehead atoms. The summed E-state index contributed by atoms with van der Waals surface area (Å²) in [5, 5.41) is 0. The zero-order valence-corrected chi connectivity index (χ0v) is 15.6. The van der Waals surface area contributed by atoms with Crippen LogP contribution in [0.3, 0.4) is 0 Å². The zero-order chi connectivity index (χ0) is 18.1. The quantitative estimate of drug-likeness (QED) is 0.837. The molecular formula is C19H28N2O4. The van der Waals surface area contributed by atoms with E-state index in [2.05, 4.69) is 13.8 Å². The van der Waals surface area contributed by atoms with E-state index in [0.29, 0.717) is 31.4 Å². The van der Waals surface area contributed by atoms with Gasteiger partial charge in [0, 0.05) is 19.1 Å². The number of cyclic esters (lactones) is 1. The highest BCUT2D eigenvalue weighted by Gasteiger charge is 2.40. The molecule has 0 unspecified atom stereocenters. The van der Waals surface area contributed by atoms with Crippen molar-refractivity contribution in [3.63, 3.8) is 0 Å². The smallest absolute Gasteiger partial charge is 0.410 e. The molecule has 25 heavy (non-hydrogen) atoms. The number of amides is 2. The predicted octanol–water partition coefficient (Wildman–Crippen LogP) is 3.37. The van der Waals surface area contributed by atoms with E-state index in [0.717, 1.165) is 30.6 Å². The Kier molecular flexibility index (Phi) is 5.06. The molecule has 138 valence electrons. The van der Waals surface area contributed by atoms with Gasteiger partial charge in [0.05, 0.1) is 6.04 Å². The highest BCUT2D eigenvalue weighted by atomic mass is 16.6. The number of rotatable bonds is 4. The molecule has 2 fully saturated rings. The van der Waals surface area contributed by atoms with Crippen LogP contribution in [-0.2, 0) is 4.74 Å². The Balaban J connectivity index is 1.61. The molecule has 0 aromatic carbocycles. The van der Waals surface area contributed by atoms with Gasteiger partial charge in [-0.3, -0.25) is 9.69 Å². The number of aryl methyl sites for hydroxylation is 2. The number of hydrogen-bond donors (Lipinski definition) is 0. The van der Waals surface area contributed by atoms with Crippen LogP contribution in [0.15, 0.2) is 10.5 Å². The van der Waals surface area contributed by atoms with Gasteiger partial charge >= 0.3 is 6.09 Å². The molecule has 0 N–H and O–H groups in total. The Morgan fingerprint density at radius 3 is 2.52 bits per heavy atom. The van der Waals surface area contributed by atoms with Crippen molar-refractivity contribution < 1.29 is 18.7 Å². The van der Waals surface area contributed by atoms with Crippen molar-refractivity contribution in [2.45, 2.75) is 59.0 Å². The SMILES string of the molecule is Cc1cc(C(=O)N2CCC(N3C(=O)OC[C@H]3CC(C)C)CC2)oc1C. The summed E-state index contributed by atoms with van der Waals surface area (Å²) in [6.07, 6.45) is 2.32. The molecule has 0 spiro atoms. The fraction of sp³-hybridized carbons (Fsp3) is 0.684. The normalized spacial score (nSPS) is 22.0. The summed E-state index contributed by atoms with van der Waals surface area (Å²) in [5.74, 6) is 1.66. The lowest BCUT2D eigenvalue weighted by Gasteiger charge is -2.37. The van der Waals surface area contributed by atoms with Gasteiger partial charge in [0.15, 0.2) is 5.76 Å². The number of likely N-dealkylation sites (tertiary alicyclic amines) is 1. The largest absolute Gasteiger partial charge is 0.456 e. The molecule has 1 aromatic heterocycles. The fourth-order valence-corrected chi connectivity index (χ4v) is 3.83. The van der Waals surface area contributed by atoms with Crippen molar-refractivity contribution in [2.75, 3.05) is 19.7 Å². The molecule has 1 aromatic rings. The first-order valence-electron chi connectivity index (χ1n) is 9.18. The third kappa shape index (κ3) is 3.67. The molecule has 0 radical (unpaired) electrons. The third-order valence-corrected chi connectivity index (χ3v) is 5.27. The van der Waals surface area contributed by atoms with Crippen LogP contribution in [0.25, 0.3) is 0 Å². The van der Waals surface area contributed by atoms with Crippen molar-refractivity contribution in [3.05, 3.63) is 23.2 Å². The first kappa shape index (κ1) is 17.8. The lowest BCUT2D eigenvalue weighted by atomic mass is 9.98. The van der Waals surface area contributed by atoms with Gasteiger partial charge in [0.2, 0.25) is 0 Å². The van der Waals surface area contributed by atoms with Gasteiger partial charge in [-0.25, -0.2) is 4.79 Å². The van der Waals surface area contributed by atoms with Gasteiger partial charge in [-0.1, -0.05) is 13.8 Å². The Labute approximate surface area is 149 Å². The van der Waals surface area contributed by atoms with Gasteiger partial charge in [-0.05, 0) is 50.7 Å². The molecule has 6 heteroatoms. The summed E-state index contributed by atoms with van der Waals surface area (Å²) in [7, 11) is 0. The maximum atomic E-state index is 12.6. The molecule has 6 nitrogen and oxygen atoms in total. The maximum absolute atomic E-state index is 12.6. The first-order valence-corrected chi connectivity index (χ1v) is 9.18. The van der Waals surface area contributed by atoms with Gasteiger partial charge in [0.25, 0.3) is 5.91 Å². The van der Waals surface area contributed by atoms with E-state index in [4.69, 9.17) is 9.15 Å². The number of carbonyl (C=O) groups is 2. The number of nitrogens with zero attached hydrogens (tertiary/aromatic N) is 2. The van der Waals surface area contributed by atoms with E-state index < -0.39 is 0 Å². The summed E-state index contributed by atoms with van der Waals surface area (Å²) < 4.78 is 10.8. The van der Waals surface area contributed by atoms with Gasteiger partial charge in [-0.15, -0.1) is 0 Å². The molecule has 2 aliphatic heterocycles. The van der Waals surface area contributed by atoms with Crippen LogP contribution in [0.4, 0.5) is 4.79 Å². The van der Waals surface area contributed by atoms with Crippen molar-refractivity contribution in [1.29, 1.82) is 0 Å². The van der Waals surface area contributed by atoms with Gasteiger partial charge in [0.1, 0.15) is 12.4 Å². The summed E-state index contributed by atoms with van der Waals surface area (Å²) in [6.45, 7) is 9.90. The molecule has 2 saturated heterocycles. The second kappa shape index (κ2) is 7.10. The van der Waals surface area contributed by atoms with E-state index in [1.165, 1.54) is 0 Å². The van der Waals surface area contributed by atoms with Crippen LogP contribution in [-0.4, -0.2) is 53.6 Å². The molecule has 2 amide bonds. The lowest BCUT2D eigenvalue weighted by molar-refractivity contribution is 0.0600. The minimum Gasteiger partial charge on any atom is -0.456 e. The molecular weight excluding hydrogens is 320 g/mol. The van der Waals surface area contributed by atoms with Crippen LogP contribution in [0.1, 0.15) is 55.0 Å². The van der Waals surface area contributed by atoms with Crippen LogP contribution in [0.2, 0.25) is 0 Å². The number of piperidine rings is 1. The minimum atomic E-state index is -0.201. The van der Waals surface area contributed by atoms with Gasteiger partial charge in [-0.2, -0.15) is 0 Å². The van der Waals surface area contributed by atoms with Gasteiger partial charge < -0.3 is 14.1 Å². The monoisotopic (exact) mass is 348 g/mol. The van der Waals surface area contributed by atoms with Crippen molar-refractivity contribution >= 4 is 12.0 Å². The average molecular weight is 348 g/mol. The number of furan rings is 1. The Morgan fingerprint density at radius 1 is 1.28 bits per heavy atom. The number of hydrogen-bond acceptors (Lipinski definition) is 4. The predicted molar refractivity (Wildman–Crippen MR) is 93.5 cm³/mol. The molecule has 1 atom stereocenters. The Morgan fingerprint density at radius 2 is 1.96 bits per heavy atom. The molecule has 3 heterocycles. The highest BCUT2D eigenvalue weighted by molar-refractivity contribution is 5.91. The second-order valence-electron chi connectivity index (χ2n) is 7.64. The van der Waals surface area contributed by atoms with E-state index in [1.807, 2.05) is 23.6 Å². The Bertz CT molecular complexity index is 624. The summed E-state index contributed by atoms with van der Waals surface area (Å²) >= 11 is 0. The second-order valence-corrected chi connectivity index (χ2v) is 7.64. The van der Waals surface area contributed by atoms with Crippen LogP contribution in [0.5, 0.6) is 0 Å². The van der Waals surface area contributed by atoms with Crippen LogP contribution in [0, 0.1) is 19.8 Å². The lowest BCUT2D eigenvalue weighted by Crippen LogP contribution is -2.50. The Hall–Kier alpha value is -1.98. The topological polar surface area (TPSA) is 63.0 Å². The van der Waals surface area contributed by atoms with E-state index in [1.54, 1.807) is 6.07 Å². The zero-order valence-electron chi connectivity index (χ0n) is 15.6. The van der Waals surface area contributed by atoms with Crippen molar-refractivity contribution in [1.82, 2.24) is 9.80 Å². The number of carbonyl (C=O) groups excluding carboxylic acids is 2. The summed E-state index contributed by atoms with van der Waals surface area (Å²) in [4.78, 5) is 28.5. The molecule has 0 aliphatic carbocycles. The van der Waals surface area contributed by atoms with E-state index >= 15 is 0 Å².